The summed E-state index contributed by atoms with van der Waals surface area (Å²) >= 11 is 18.4. The molecule has 1 saturated heterocycles. The summed E-state index contributed by atoms with van der Waals surface area (Å²) in [6.45, 7) is 2.71. The van der Waals surface area contributed by atoms with Gasteiger partial charge in [0.2, 0.25) is 0 Å². The summed E-state index contributed by atoms with van der Waals surface area (Å²) < 4.78 is 0. The predicted molar refractivity (Wildman–Crippen MR) is 90.9 cm³/mol. The number of hydrogen-bond acceptors (Lipinski definition) is 2. The lowest BCUT2D eigenvalue weighted by Crippen LogP contribution is -2.46. The van der Waals surface area contributed by atoms with Crippen molar-refractivity contribution in [3.05, 3.63) is 63.1 Å². The third-order valence-corrected chi connectivity index (χ3v) is 4.51. The molecule has 0 saturated carbocycles. The van der Waals surface area contributed by atoms with Gasteiger partial charge in [0.25, 0.3) is 0 Å². The third kappa shape index (κ3) is 3.29. The summed E-state index contributed by atoms with van der Waals surface area (Å²) in [5.74, 6) is 0. The first-order chi connectivity index (χ1) is 10.1. The number of benzene rings is 2. The van der Waals surface area contributed by atoms with Gasteiger partial charge in [0, 0.05) is 29.7 Å². The van der Waals surface area contributed by atoms with Crippen molar-refractivity contribution in [2.75, 3.05) is 24.5 Å². The van der Waals surface area contributed by atoms with Gasteiger partial charge in [-0.3, -0.25) is 0 Å². The number of rotatable bonds is 2. The molecule has 0 bridgehead atoms. The van der Waals surface area contributed by atoms with Crippen molar-refractivity contribution in [3.63, 3.8) is 0 Å². The van der Waals surface area contributed by atoms with Gasteiger partial charge in [-0.25, -0.2) is 0 Å². The van der Waals surface area contributed by atoms with Gasteiger partial charge in [0.15, 0.2) is 0 Å². The minimum absolute atomic E-state index is 0.231. The number of piperazine rings is 1. The molecule has 1 aliphatic rings. The second-order valence-corrected chi connectivity index (χ2v) is 6.34. The van der Waals surface area contributed by atoms with Crippen molar-refractivity contribution in [1.29, 1.82) is 0 Å². The average Bonchev–Trinajstić information content (AvgIpc) is 2.48. The molecular weight excluding hydrogens is 327 g/mol. The SMILES string of the molecule is Clc1ccc([C@@H]2CNCCN2c2ccc(Cl)cc2Cl)cc1. The lowest BCUT2D eigenvalue weighted by atomic mass is 10.0. The van der Waals surface area contributed by atoms with E-state index in [2.05, 4.69) is 22.3 Å². The number of halogens is 3. The van der Waals surface area contributed by atoms with Crippen LogP contribution >= 0.6 is 34.8 Å². The van der Waals surface area contributed by atoms with E-state index in [1.54, 1.807) is 6.07 Å². The van der Waals surface area contributed by atoms with Crippen molar-refractivity contribution in [3.8, 4) is 0 Å². The Balaban J connectivity index is 1.96. The molecule has 3 rings (SSSR count). The Hall–Kier alpha value is -0.930. The van der Waals surface area contributed by atoms with Gasteiger partial charge < -0.3 is 10.2 Å². The Labute approximate surface area is 139 Å². The molecule has 1 atom stereocenters. The summed E-state index contributed by atoms with van der Waals surface area (Å²) in [5.41, 5.74) is 2.24. The molecule has 1 heterocycles. The minimum atomic E-state index is 0.231. The molecule has 5 heteroatoms. The fourth-order valence-electron chi connectivity index (χ4n) is 2.69. The summed E-state index contributed by atoms with van der Waals surface area (Å²) in [5, 5.41) is 5.52. The molecule has 2 nitrogen and oxygen atoms in total. The van der Waals surface area contributed by atoms with Crippen LogP contribution in [0.1, 0.15) is 11.6 Å². The van der Waals surface area contributed by atoms with Crippen LogP contribution in [0.3, 0.4) is 0 Å². The molecule has 21 heavy (non-hydrogen) atoms. The number of nitrogens with zero attached hydrogens (tertiary/aromatic N) is 1. The van der Waals surface area contributed by atoms with Gasteiger partial charge in [0.05, 0.1) is 16.8 Å². The van der Waals surface area contributed by atoms with Gasteiger partial charge in [-0.05, 0) is 35.9 Å². The standard InChI is InChI=1S/C16H15Cl3N2/c17-12-3-1-11(2-4-12)16-10-20-7-8-21(16)15-6-5-13(18)9-14(15)19/h1-6,9,16,20H,7-8,10H2/t16-/m0/s1. The van der Waals surface area contributed by atoms with Gasteiger partial charge in [-0.2, -0.15) is 0 Å². The van der Waals surface area contributed by atoms with Gasteiger partial charge in [-0.1, -0.05) is 46.9 Å². The van der Waals surface area contributed by atoms with Crippen molar-refractivity contribution >= 4 is 40.5 Å². The highest BCUT2D eigenvalue weighted by atomic mass is 35.5. The largest absolute Gasteiger partial charge is 0.361 e. The molecule has 110 valence electrons. The molecule has 1 aliphatic heterocycles. The van der Waals surface area contributed by atoms with E-state index in [4.69, 9.17) is 34.8 Å². The number of hydrogen-bond donors (Lipinski definition) is 1. The zero-order valence-electron chi connectivity index (χ0n) is 11.3. The van der Waals surface area contributed by atoms with E-state index in [-0.39, 0.29) is 6.04 Å². The molecule has 2 aromatic rings. The van der Waals surface area contributed by atoms with Crippen molar-refractivity contribution in [1.82, 2.24) is 5.32 Å². The van der Waals surface area contributed by atoms with Gasteiger partial charge in [0.1, 0.15) is 0 Å². The zero-order chi connectivity index (χ0) is 14.8. The fourth-order valence-corrected chi connectivity index (χ4v) is 3.33. The van der Waals surface area contributed by atoms with Crippen LogP contribution in [0.4, 0.5) is 5.69 Å². The Morgan fingerprint density at radius 2 is 1.67 bits per heavy atom. The first kappa shape index (κ1) is 15.0. The molecule has 0 aromatic heterocycles. The van der Waals surface area contributed by atoms with Crippen molar-refractivity contribution < 1.29 is 0 Å². The topological polar surface area (TPSA) is 15.3 Å². The van der Waals surface area contributed by atoms with E-state index in [1.807, 2.05) is 24.3 Å². The molecule has 0 amide bonds. The molecule has 1 fully saturated rings. The van der Waals surface area contributed by atoms with Crippen molar-refractivity contribution in [2.45, 2.75) is 6.04 Å². The van der Waals surface area contributed by atoms with Gasteiger partial charge >= 0.3 is 0 Å². The highest BCUT2D eigenvalue weighted by molar-refractivity contribution is 6.36. The number of anilines is 1. The molecule has 0 radical (unpaired) electrons. The van der Waals surface area contributed by atoms with E-state index < -0.39 is 0 Å². The van der Waals surface area contributed by atoms with Gasteiger partial charge in [-0.15, -0.1) is 0 Å². The summed E-state index contributed by atoms with van der Waals surface area (Å²) in [6, 6.07) is 13.9. The van der Waals surface area contributed by atoms with Crippen LogP contribution in [-0.4, -0.2) is 19.6 Å². The normalized spacial score (nSPS) is 18.8. The van der Waals surface area contributed by atoms with Crippen LogP contribution in [0, 0.1) is 0 Å². The van der Waals surface area contributed by atoms with Crippen LogP contribution in [0.15, 0.2) is 42.5 Å². The number of nitrogens with one attached hydrogen (secondary N) is 1. The molecule has 0 spiro atoms. The third-order valence-electron chi connectivity index (χ3n) is 3.72. The maximum atomic E-state index is 6.37. The maximum absolute atomic E-state index is 6.37. The molecular formula is C16H15Cl3N2. The van der Waals surface area contributed by atoms with E-state index in [1.165, 1.54) is 5.56 Å². The van der Waals surface area contributed by atoms with Crippen LogP contribution in [0.2, 0.25) is 15.1 Å². The maximum Gasteiger partial charge on any atom is 0.0668 e. The smallest absolute Gasteiger partial charge is 0.0668 e. The first-order valence-electron chi connectivity index (χ1n) is 6.83. The highest BCUT2D eigenvalue weighted by Gasteiger charge is 2.25. The van der Waals surface area contributed by atoms with Crippen LogP contribution < -0.4 is 10.2 Å². The summed E-state index contributed by atoms with van der Waals surface area (Å²) in [7, 11) is 0. The quantitative estimate of drug-likeness (QED) is 0.844. The molecule has 1 N–H and O–H groups in total. The average molecular weight is 342 g/mol. The molecule has 0 aliphatic carbocycles. The predicted octanol–water partition coefficient (Wildman–Crippen LogP) is 4.80. The van der Waals surface area contributed by atoms with E-state index >= 15 is 0 Å². The zero-order valence-corrected chi connectivity index (χ0v) is 13.6. The van der Waals surface area contributed by atoms with Crippen LogP contribution in [-0.2, 0) is 0 Å². The second kappa shape index (κ2) is 6.45. The lowest BCUT2D eigenvalue weighted by Gasteiger charge is -2.38. The van der Waals surface area contributed by atoms with Crippen LogP contribution in [0.25, 0.3) is 0 Å². The highest BCUT2D eigenvalue weighted by Crippen LogP contribution is 2.35. The summed E-state index contributed by atoms with van der Waals surface area (Å²) in [6.07, 6.45) is 0. The Bertz CT molecular complexity index is 628. The first-order valence-corrected chi connectivity index (χ1v) is 7.96. The lowest BCUT2D eigenvalue weighted by molar-refractivity contribution is 0.490. The van der Waals surface area contributed by atoms with E-state index in [9.17, 15) is 0 Å². The van der Waals surface area contributed by atoms with E-state index in [0.717, 1.165) is 30.3 Å². The molecule has 2 aromatic carbocycles. The Morgan fingerprint density at radius 1 is 0.952 bits per heavy atom. The Morgan fingerprint density at radius 3 is 2.38 bits per heavy atom. The van der Waals surface area contributed by atoms with Crippen LogP contribution in [0.5, 0.6) is 0 Å². The molecule has 0 unspecified atom stereocenters. The minimum Gasteiger partial charge on any atom is -0.361 e. The van der Waals surface area contributed by atoms with Crippen molar-refractivity contribution in [2.24, 2.45) is 0 Å². The second-order valence-electron chi connectivity index (χ2n) is 5.06. The van der Waals surface area contributed by atoms with E-state index in [0.29, 0.717) is 10.0 Å². The Kier molecular flexibility index (Phi) is 4.60. The monoisotopic (exact) mass is 340 g/mol. The summed E-state index contributed by atoms with van der Waals surface area (Å²) in [4.78, 5) is 2.32. The fraction of sp³-hybridized carbons (Fsp3) is 0.250.